The van der Waals surface area contributed by atoms with E-state index in [4.69, 9.17) is 4.74 Å². The highest BCUT2D eigenvalue weighted by molar-refractivity contribution is 6.04. The number of piperidine rings is 1. The van der Waals surface area contributed by atoms with Crippen molar-refractivity contribution in [1.29, 1.82) is 0 Å². The average molecular weight is 486 g/mol. The van der Waals surface area contributed by atoms with Crippen LogP contribution in [0.1, 0.15) is 38.7 Å². The van der Waals surface area contributed by atoms with Crippen LogP contribution in [0.4, 0.5) is 8.78 Å². The largest absolute Gasteiger partial charge is 0.497 e. The zero-order chi connectivity index (χ0) is 25.1. The number of nitrogens with one attached hydrogen (secondary N) is 3. The van der Waals surface area contributed by atoms with Crippen LogP contribution in [0.15, 0.2) is 77.4 Å². The van der Waals surface area contributed by atoms with Crippen LogP contribution in [-0.2, 0) is 4.74 Å². The van der Waals surface area contributed by atoms with Gasteiger partial charge in [0.15, 0.2) is 0 Å². The van der Waals surface area contributed by atoms with E-state index in [0.29, 0.717) is 13.1 Å². The van der Waals surface area contributed by atoms with Crippen LogP contribution >= 0.6 is 0 Å². The second-order valence-corrected chi connectivity index (χ2v) is 8.90. The van der Waals surface area contributed by atoms with Crippen molar-refractivity contribution in [2.75, 3.05) is 26.7 Å². The Kier molecular flexibility index (Phi) is 10.2. The first-order chi connectivity index (χ1) is 16.9. The van der Waals surface area contributed by atoms with Crippen LogP contribution in [0.5, 0.6) is 0 Å². The Balaban J connectivity index is 0.000000320. The van der Waals surface area contributed by atoms with Gasteiger partial charge in [-0.2, -0.15) is 5.10 Å². The number of alkyl halides is 2. The molecule has 0 amide bonds. The van der Waals surface area contributed by atoms with Gasteiger partial charge in [0, 0.05) is 49.4 Å². The van der Waals surface area contributed by atoms with Gasteiger partial charge in [-0.15, -0.1) is 0 Å². The summed E-state index contributed by atoms with van der Waals surface area (Å²) in [5.41, 5.74) is 6.41. The molecule has 0 aromatic carbocycles. The minimum absolute atomic E-state index is 0.0834. The van der Waals surface area contributed by atoms with Crippen LogP contribution in [0, 0.1) is 5.92 Å². The minimum atomic E-state index is -2.63. The van der Waals surface area contributed by atoms with Crippen molar-refractivity contribution in [3.05, 3.63) is 77.9 Å². The standard InChI is InChI=1S/C19H25F2N5.C8H12O/c1-2-4-17-16(18(26-25-17)14-6-9-22-10-7-14)5-3-8-24-15-11-19(20,21)13-23-12-15;1-7-5-3-4-6-8(7)9-2/h2-7,9-10,15-17,23-25H,8,11-13H2,1H3;5-6H,3-4H2,1-2H3/b4-2-,5-3+;. The van der Waals surface area contributed by atoms with E-state index < -0.39 is 5.92 Å². The number of aromatic nitrogens is 1. The summed E-state index contributed by atoms with van der Waals surface area (Å²) in [6.45, 7) is 4.94. The van der Waals surface area contributed by atoms with Gasteiger partial charge in [-0.05, 0) is 50.5 Å². The zero-order valence-corrected chi connectivity index (χ0v) is 20.8. The summed E-state index contributed by atoms with van der Waals surface area (Å²) in [7, 11) is 1.72. The number of rotatable bonds is 7. The number of hydrogen-bond donors (Lipinski definition) is 3. The first-order valence-corrected chi connectivity index (χ1v) is 12.2. The number of allylic oxidation sites excluding steroid dienone is 4. The number of hydrogen-bond acceptors (Lipinski definition) is 6. The van der Waals surface area contributed by atoms with E-state index >= 15 is 0 Å². The van der Waals surface area contributed by atoms with Crippen LogP contribution in [-0.4, -0.2) is 55.4 Å². The molecule has 0 radical (unpaired) electrons. The quantitative estimate of drug-likeness (QED) is 0.501. The van der Waals surface area contributed by atoms with Gasteiger partial charge in [0.1, 0.15) is 5.76 Å². The molecule has 3 N–H and O–H groups in total. The lowest BCUT2D eigenvalue weighted by molar-refractivity contribution is -0.0306. The van der Waals surface area contributed by atoms with Gasteiger partial charge < -0.3 is 20.8 Å². The lowest BCUT2D eigenvalue weighted by Gasteiger charge is -2.30. The number of hydrazone groups is 1. The predicted molar refractivity (Wildman–Crippen MR) is 137 cm³/mol. The smallest absolute Gasteiger partial charge is 0.261 e. The molecule has 8 heteroatoms. The number of pyridine rings is 1. The van der Waals surface area contributed by atoms with Crippen molar-refractivity contribution in [3.63, 3.8) is 0 Å². The lowest BCUT2D eigenvalue weighted by atomic mass is 9.91. The van der Waals surface area contributed by atoms with E-state index in [-0.39, 0.29) is 31.0 Å². The van der Waals surface area contributed by atoms with E-state index in [9.17, 15) is 8.78 Å². The molecule has 0 saturated carbocycles. The second kappa shape index (κ2) is 13.3. The maximum Gasteiger partial charge on any atom is 0.261 e. The van der Waals surface area contributed by atoms with Crippen molar-refractivity contribution in [2.45, 2.75) is 51.1 Å². The van der Waals surface area contributed by atoms with E-state index in [1.165, 1.54) is 12.0 Å². The molecule has 4 rings (SSSR count). The number of ether oxygens (including phenoxy) is 1. The Hall–Kier alpha value is -2.84. The predicted octanol–water partition coefficient (Wildman–Crippen LogP) is 4.35. The molecule has 3 aliphatic rings. The summed E-state index contributed by atoms with van der Waals surface area (Å²) < 4.78 is 32.0. The Morgan fingerprint density at radius 1 is 1.20 bits per heavy atom. The highest BCUT2D eigenvalue weighted by Gasteiger charge is 2.35. The van der Waals surface area contributed by atoms with Crippen LogP contribution in [0.3, 0.4) is 0 Å². The first-order valence-electron chi connectivity index (χ1n) is 12.2. The van der Waals surface area contributed by atoms with E-state index in [1.54, 1.807) is 19.5 Å². The molecule has 190 valence electrons. The second-order valence-electron chi connectivity index (χ2n) is 8.90. The molecule has 6 nitrogen and oxygen atoms in total. The van der Waals surface area contributed by atoms with E-state index in [0.717, 1.165) is 23.5 Å². The Bertz CT molecular complexity index is 956. The molecule has 0 spiro atoms. The maximum atomic E-state index is 13.4. The fourth-order valence-corrected chi connectivity index (χ4v) is 4.38. The first kappa shape index (κ1) is 26.8. The Labute approximate surface area is 207 Å². The van der Waals surface area contributed by atoms with Gasteiger partial charge in [-0.1, -0.05) is 30.4 Å². The number of methoxy groups -OCH3 is 1. The van der Waals surface area contributed by atoms with Crippen molar-refractivity contribution in [3.8, 4) is 0 Å². The fraction of sp³-hybridized carbons (Fsp3) is 0.481. The van der Waals surface area contributed by atoms with Crippen LogP contribution < -0.4 is 16.1 Å². The average Bonchev–Trinajstić information content (AvgIpc) is 3.25. The van der Waals surface area contributed by atoms with Crippen molar-refractivity contribution in [2.24, 2.45) is 11.0 Å². The molecule has 3 unspecified atom stereocenters. The molecular weight excluding hydrogens is 448 g/mol. The zero-order valence-electron chi connectivity index (χ0n) is 20.8. The summed E-state index contributed by atoms with van der Waals surface area (Å²) in [4.78, 5) is 4.05. The molecule has 35 heavy (non-hydrogen) atoms. The summed E-state index contributed by atoms with van der Waals surface area (Å²) in [5, 5.41) is 10.4. The highest BCUT2D eigenvalue weighted by Crippen LogP contribution is 2.23. The van der Waals surface area contributed by atoms with E-state index in [1.807, 2.05) is 31.2 Å². The van der Waals surface area contributed by atoms with Gasteiger partial charge in [-0.3, -0.25) is 4.98 Å². The van der Waals surface area contributed by atoms with Crippen molar-refractivity contribution in [1.82, 2.24) is 21.0 Å². The van der Waals surface area contributed by atoms with Gasteiger partial charge in [0.05, 0.1) is 25.4 Å². The summed E-state index contributed by atoms with van der Waals surface area (Å²) in [5.74, 6) is -1.50. The van der Waals surface area contributed by atoms with Gasteiger partial charge >= 0.3 is 0 Å². The lowest BCUT2D eigenvalue weighted by Crippen LogP contribution is -2.52. The summed E-state index contributed by atoms with van der Waals surface area (Å²) in [6, 6.07) is 3.74. The van der Waals surface area contributed by atoms with Gasteiger partial charge in [0.25, 0.3) is 5.92 Å². The van der Waals surface area contributed by atoms with Crippen molar-refractivity contribution >= 4 is 5.71 Å². The van der Waals surface area contributed by atoms with Crippen LogP contribution in [0.2, 0.25) is 0 Å². The van der Waals surface area contributed by atoms with Gasteiger partial charge in [-0.25, -0.2) is 8.78 Å². The number of halogens is 2. The molecule has 0 bridgehead atoms. The minimum Gasteiger partial charge on any atom is -0.497 e. The summed E-state index contributed by atoms with van der Waals surface area (Å²) in [6.07, 6.45) is 18.2. The third-order valence-corrected chi connectivity index (χ3v) is 6.16. The summed E-state index contributed by atoms with van der Waals surface area (Å²) >= 11 is 0. The molecule has 1 fully saturated rings. The SMILES string of the molecule is C/C=C\C1NN=C(c2ccncc2)C1/C=C/CNC1CNCC(F)(F)C1.COC1=CCCC=C1C. The monoisotopic (exact) mass is 485 g/mol. The maximum absolute atomic E-state index is 13.4. The third kappa shape index (κ3) is 8.11. The molecular formula is C27H37F2N5O. The fourth-order valence-electron chi connectivity index (χ4n) is 4.38. The Morgan fingerprint density at radius 2 is 1.97 bits per heavy atom. The molecule has 1 aromatic rings. The highest BCUT2D eigenvalue weighted by atomic mass is 19.3. The molecule has 1 saturated heterocycles. The molecule has 3 atom stereocenters. The molecule has 3 heterocycles. The third-order valence-electron chi connectivity index (χ3n) is 6.16. The van der Waals surface area contributed by atoms with Crippen LogP contribution in [0.25, 0.3) is 0 Å². The van der Waals surface area contributed by atoms with E-state index in [2.05, 4.69) is 57.4 Å². The Morgan fingerprint density at radius 3 is 2.63 bits per heavy atom. The number of nitrogens with zero attached hydrogens (tertiary/aromatic N) is 2. The molecule has 1 aromatic heterocycles. The van der Waals surface area contributed by atoms with Gasteiger partial charge in [0.2, 0.25) is 0 Å². The molecule has 2 aliphatic heterocycles. The van der Waals surface area contributed by atoms with Crippen molar-refractivity contribution < 1.29 is 13.5 Å². The topological polar surface area (TPSA) is 70.6 Å². The normalized spacial score (nSPS) is 25.9. The molecule has 1 aliphatic carbocycles.